The van der Waals surface area contributed by atoms with Gasteiger partial charge >= 0.3 is 0 Å². The van der Waals surface area contributed by atoms with Gasteiger partial charge in [-0.25, -0.2) is 0 Å². The van der Waals surface area contributed by atoms with Crippen LogP contribution in [-0.4, -0.2) is 12.6 Å². The Balaban J connectivity index is 2.10. The summed E-state index contributed by atoms with van der Waals surface area (Å²) < 4.78 is 11.6. The molecule has 0 saturated carbocycles. The number of rotatable bonds is 2. The summed E-state index contributed by atoms with van der Waals surface area (Å²) in [4.78, 5) is 0. The Labute approximate surface area is 198 Å². The number of aryl methyl sites for hydroxylation is 4. The van der Waals surface area contributed by atoms with E-state index in [1.54, 1.807) is 0 Å². The lowest BCUT2D eigenvalue weighted by molar-refractivity contribution is -0.642. The number of hydrogen-bond donors (Lipinski definition) is 0. The third kappa shape index (κ3) is 3.33. The van der Waals surface area contributed by atoms with Crippen LogP contribution < -0.4 is 9.75 Å². The van der Waals surface area contributed by atoms with E-state index in [0.29, 0.717) is 0 Å². The highest BCUT2D eigenvalue weighted by Gasteiger charge is 2.32. The van der Waals surface area contributed by atoms with Gasteiger partial charge in [0.2, 0.25) is 5.52 Å². The van der Waals surface area contributed by atoms with Crippen LogP contribution in [0.15, 0.2) is 34.9 Å². The molecule has 0 aliphatic heterocycles. The monoisotopic (exact) mass is 457 g/mol. The molecule has 3 heterocycles. The van der Waals surface area contributed by atoms with Gasteiger partial charge in [0.25, 0.3) is 0 Å². The maximum Gasteiger partial charge on any atom is 0.232 e. The lowest BCUT2D eigenvalue weighted by atomic mass is 9.86. The van der Waals surface area contributed by atoms with Crippen molar-refractivity contribution in [3.05, 3.63) is 47.2 Å². The van der Waals surface area contributed by atoms with Crippen LogP contribution in [0.25, 0.3) is 43.9 Å². The molecule has 0 atom stereocenters. The second-order valence-electron chi connectivity index (χ2n) is 12.2. The highest BCUT2D eigenvalue weighted by Crippen LogP contribution is 2.39. The molecule has 0 aliphatic rings. The largest absolute Gasteiger partial charge is 0.454 e. The first-order valence-electron chi connectivity index (χ1n) is 12.0. The van der Waals surface area contributed by atoms with Crippen LogP contribution in [0.1, 0.15) is 37.5 Å². The van der Waals surface area contributed by atoms with Gasteiger partial charge in [-0.2, -0.15) is 4.57 Å². The van der Waals surface area contributed by atoms with Gasteiger partial charge in [0.05, 0.1) is 18.8 Å². The number of pyridine rings is 1. The van der Waals surface area contributed by atoms with Crippen molar-refractivity contribution in [1.29, 1.82) is 0 Å². The minimum absolute atomic E-state index is 0.223. The van der Waals surface area contributed by atoms with Gasteiger partial charge in [-0.1, -0.05) is 52.5 Å². The maximum absolute atomic E-state index is 6.97. The summed E-state index contributed by atoms with van der Waals surface area (Å²) in [5.41, 5.74) is 10.2. The smallest absolute Gasteiger partial charge is 0.232 e. The highest BCUT2D eigenvalue weighted by molar-refractivity contribution is 6.91. The molecule has 4 heteroatoms. The van der Waals surface area contributed by atoms with Gasteiger partial charge in [0.1, 0.15) is 18.1 Å². The molecule has 0 fully saturated rings. The molecule has 0 spiro atoms. The standard InChI is InChI=1S/C29H37N2OSi/c1-17-13-20-14-19(16-29(3,4)5)15-22-24(20)23(18(17)2)26-27(32-22)28(33(8,9)10)25-21(31(26)7)11-12-30(25)6/h11-15H,16H2,1-10H3/q+1. The number of aromatic nitrogens is 2. The maximum atomic E-state index is 6.97. The van der Waals surface area contributed by atoms with E-state index in [2.05, 4.69) is 108 Å². The quantitative estimate of drug-likeness (QED) is 0.124. The third-order valence-electron chi connectivity index (χ3n) is 7.14. The Morgan fingerprint density at radius 2 is 1.73 bits per heavy atom. The second kappa shape index (κ2) is 6.96. The highest BCUT2D eigenvalue weighted by atomic mass is 28.3. The molecule has 5 aromatic rings. The first-order chi connectivity index (χ1) is 15.3. The van der Waals surface area contributed by atoms with Crippen molar-refractivity contribution in [2.45, 2.75) is 60.7 Å². The minimum atomic E-state index is -1.74. The first kappa shape index (κ1) is 22.2. The summed E-state index contributed by atoms with van der Waals surface area (Å²) in [6.07, 6.45) is 3.22. The Morgan fingerprint density at radius 1 is 1.03 bits per heavy atom. The van der Waals surface area contributed by atoms with Crippen LogP contribution >= 0.6 is 0 Å². The molecule has 0 radical (unpaired) electrons. The molecule has 3 aromatic heterocycles. The van der Waals surface area contributed by atoms with E-state index >= 15 is 0 Å². The van der Waals surface area contributed by atoms with Crippen LogP contribution in [0.5, 0.6) is 0 Å². The van der Waals surface area contributed by atoms with Crippen molar-refractivity contribution < 1.29 is 8.98 Å². The van der Waals surface area contributed by atoms with Crippen molar-refractivity contribution in [2.75, 3.05) is 0 Å². The van der Waals surface area contributed by atoms with Gasteiger partial charge in [0, 0.05) is 23.9 Å². The average molecular weight is 458 g/mol. The summed E-state index contributed by atoms with van der Waals surface area (Å²) in [6.45, 7) is 18.7. The molecule has 3 nitrogen and oxygen atoms in total. The van der Waals surface area contributed by atoms with Crippen molar-refractivity contribution in [3.63, 3.8) is 0 Å². The molecule has 5 rings (SSSR count). The minimum Gasteiger partial charge on any atom is -0.454 e. The Hall–Kier alpha value is -2.59. The molecule has 172 valence electrons. The van der Waals surface area contributed by atoms with E-state index in [-0.39, 0.29) is 5.41 Å². The lowest BCUT2D eigenvalue weighted by Gasteiger charge is -2.23. The van der Waals surface area contributed by atoms with Crippen LogP contribution in [0.2, 0.25) is 19.6 Å². The summed E-state index contributed by atoms with van der Waals surface area (Å²) in [5.74, 6) is 0. The van der Waals surface area contributed by atoms with E-state index in [9.17, 15) is 0 Å². The number of fused-ring (bicyclic) bond motifs is 3. The summed E-state index contributed by atoms with van der Waals surface area (Å²) in [7, 11) is 2.62. The van der Waals surface area contributed by atoms with Gasteiger partial charge in [-0.15, -0.1) is 0 Å². The Morgan fingerprint density at radius 3 is 2.36 bits per heavy atom. The van der Waals surface area contributed by atoms with E-state index < -0.39 is 8.07 Å². The predicted octanol–water partition coefficient (Wildman–Crippen LogP) is 6.81. The summed E-state index contributed by atoms with van der Waals surface area (Å²) >= 11 is 0. The molecule has 0 saturated heterocycles. The Kier molecular flexibility index (Phi) is 4.68. The summed E-state index contributed by atoms with van der Waals surface area (Å²) in [6, 6.07) is 9.29. The molecule has 0 aliphatic carbocycles. The Bertz CT molecular complexity index is 1590. The normalized spacial score (nSPS) is 13.3. The molecular weight excluding hydrogens is 420 g/mol. The molecule has 0 unspecified atom stereocenters. The van der Waals surface area contributed by atoms with Crippen LogP contribution in [0.3, 0.4) is 0 Å². The topological polar surface area (TPSA) is 21.9 Å². The molecule has 0 N–H and O–H groups in total. The molecule has 0 amide bonds. The zero-order valence-electron chi connectivity index (χ0n) is 21.9. The number of benzene rings is 2. The zero-order valence-corrected chi connectivity index (χ0v) is 22.9. The molecule has 33 heavy (non-hydrogen) atoms. The molecule has 2 aromatic carbocycles. The van der Waals surface area contributed by atoms with E-state index in [4.69, 9.17) is 4.42 Å². The van der Waals surface area contributed by atoms with Crippen molar-refractivity contribution in [3.8, 4) is 0 Å². The van der Waals surface area contributed by atoms with Gasteiger partial charge in [0.15, 0.2) is 11.8 Å². The third-order valence-corrected chi connectivity index (χ3v) is 9.11. The number of nitrogens with zero attached hydrogens (tertiary/aromatic N) is 2. The average Bonchev–Trinajstić information content (AvgIpc) is 3.04. The van der Waals surface area contributed by atoms with E-state index in [0.717, 1.165) is 17.6 Å². The van der Waals surface area contributed by atoms with Crippen molar-refractivity contribution in [2.24, 2.45) is 19.5 Å². The molecular formula is C29H37N2OSi+. The van der Waals surface area contributed by atoms with E-state index in [1.807, 2.05) is 0 Å². The predicted molar refractivity (Wildman–Crippen MR) is 144 cm³/mol. The SMILES string of the molecule is Cc1cc2cc(CC(C)(C)C)cc3oc4c([Si](C)(C)C)c5c(cc[n+]5C)n(C)c4c(c1C)c23. The first-order valence-corrected chi connectivity index (χ1v) is 15.5. The summed E-state index contributed by atoms with van der Waals surface area (Å²) in [5, 5.41) is 5.31. The van der Waals surface area contributed by atoms with Crippen molar-refractivity contribution in [1.82, 2.24) is 4.57 Å². The second-order valence-corrected chi connectivity index (χ2v) is 17.2. The van der Waals surface area contributed by atoms with Gasteiger partial charge in [-0.05, 0) is 53.8 Å². The lowest BCUT2D eigenvalue weighted by Crippen LogP contribution is -2.44. The van der Waals surface area contributed by atoms with Gasteiger partial charge in [-0.3, -0.25) is 0 Å². The fraction of sp³-hybridized carbons (Fsp3) is 0.414. The van der Waals surface area contributed by atoms with Crippen molar-refractivity contribution >= 4 is 57.1 Å². The van der Waals surface area contributed by atoms with Gasteiger partial charge < -0.3 is 8.98 Å². The fourth-order valence-corrected chi connectivity index (χ4v) is 7.54. The van der Waals surface area contributed by atoms with Crippen LogP contribution in [0.4, 0.5) is 0 Å². The van der Waals surface area contributed by atoms with Crippen LogP contribution in [0, 0.1) is 19.3 Å². The molecule has 0 bridgehead atoms. The fourth-order valence-electron chi connectivity index (χ4n) is 5.67. The van der Waals surface area contributed by atoms with Crippen LogP contribution in [-0.2, 0) is 20.5 Å². The van der Waals surface area contributed by atoms with E-state index in [1.165, 1.54) is 54.6 Å². The number of hydrogen-bond acceptors (Lipinski definition) is 1. The zero-order chi connectivity index (χ0) is 24.0.